The molecule has 0 fully saturated rings. The van der Waals surface area contributed by atoms with Gasteiger partial charge in [0.25, 0.3) is 0 Å². The van der Waals surface area contributed by atoms with E-state index in [0.29, 0.717) is 5.82 Å². The Morgan fingerprint density at radius 3 is 1.22 bits per heavy atom. The molecule has 2 aromatic carbocycles. The summed E-state index contributed by atoms with van der Waals surface area (Å²) in [5.41, 5.74) is 6.02. The predicted molar refractivity (Wildman–Crippen MR) is 284 cm³/mol. The van der Waals surface area contributed by atoms with Crippen LogP contribution in [0.25, 0.3) is 22.8 Å². The third-order valence-electron chi connectivity index (χ3n) is 11.8. The molecule has 1 N–H and O–H groups in total. The van der Waals surface area contributed by atoms with E-state index in [1.807, 2.05) is 50.8 Å². The predicted octanol–water partition coefficient (Wildman–Crippen LogP) is 17.7. The average molecular weight is 912 g/mol. The van der Waals surface area contributed by atoms with Crippen LogP contribution in [-0.4, -0.2) is 47.8 Å². The fourth-order valence-corrected chi connectivity index (χ4v) is 22.0. The van der Waals surface area contributed by atoms with E-state index in [0.717, 1.165) is 48.6 Å². The topological polar surface area (TPSA) is 81.0 Å². The number of rotatable bonds is 32. The molecule has 0 radical (unpaired) electrons. The van der Waals surface area contributed by atoms with Gasteiger partial charge in [-0.15, -0.1) is 0 Å². The third kappa shape index (κ3) is 27.8. The second-order valence-corrected chi connectivity index (χ2v) is 31.3. The molecular formula is C56H94N4O2Si2. The van der Waals surface area contributed by atoms with Gasteiger partial charge in [0, 0.05) is 52.1 Å². The number of hydrogen-bond acceptors (Lipinski definition) is 6. The summed E-state index contributed by atoms with van der Waals surface area (Å²) in [6.45, 7) is 22.2. The van der Waals surface area contributed by atoms with Gasteiger partial charge in [-0.25, -0.2) is 19.9 Å². The second kappa shape index (κ2) is 34.9. The number of nitrogens with zero attached hydrogens (tertiary/aromatic N) is 4. The van der Waals surface area contributed by atoms with E-state index in [-0.39, 0.29) is 5.75 Å². The Morgan fingerprint density at radius 2 is 0.812 bits per heavy atom. The molecule has 0 bridgehead atoms. The minimum Gasteiger partial charge on any atom is -0.508 e. The van der Waals surface area contributed by atoms with Gasteiger partial charge in [-0.3, -0.25) is 0 Å². The number of aryl methyl sites for hydroxylation is 2. The van der Waals surface area contributed by atoms with Gasteiger partial charge in [-0.1, -0.05) is 194 Å². The van der Waals surface area contributed by atoms with E-state index in [1.165, 1.54) is 152 Å². The van der Waals surface area contributed by atoms with E-state index in [9.17, 15) is 5.11 Å². The van der Waals surface area contributed by atoms with Crippen LogP contribution in [0, 0.1) is 0 Å². The van der Waals surface area contributed by atoms with E-state index in [1.54, 1.807) is 17.8 Å². The molecular weight excluding hydrogens is 817 g/mol. The molecule has 8 heteroatoms. The zero-order valence-electron chi connectivity index (χ0n) is 42.7. The largest absolute Gasteiger partial charge is 0.508 e. The molecule has 4 aromatic rings. The van der Waals surface area contributed by atoms with E-state index < -0.39 is 16.1 Å². The van der Waals surface area contributed by atoms with Gasteiger partial charge < -0.3 is 9.84 Å². The fourth-order valence-electron chi connectivity index (χ4n) is 8.63. The molecule has 4 rings (SSSR count). The van der Waals surface area contributed by atoms with Crippen LogP contribution in [0.1, 0.15) is 180 Å². The number of benzene rings is 2. The van der Waals surface area contributed by atoms with E-state index in [2.05, 4.69) is 90.8 Å². The summed E-state index contributed by atoms with van der Waals surface area (Å²) in [4.78, 5) is 18.1. The number of aromatic nitrogens is 4. The molecule has 0 unspecified atom stereocenters. The Morgan fingerprint density at radius 1 is 0.453 bits per heavy atom. The molecule has 0 atom stereocenters. The Bertz CT molecular complexity index is 1670. The van der Waals surface area contributed by atoms with Gasteiger partial charge in [0.1, 0.15) is 11.5 Å². The first-order valence-electron chi connectivity index (χ1n) is 26.1. The van der Waals surface area contributed by atoms with Crippen molar-refractivity contribution in [1.82, 2.24) is 19.9 Å². The lowest BCUT2D eigenvalue weighted by molar-refractivity contribution is 0.304. The molecule has 0 amide bonds. The summed E-state index contributed by atoms with van der Waals surface area (Å²) in [5.74, 6) is 2.72. The first-order chi connectivity index (χ1) is 31.0. The molecule has 2 aromatic heterocycles. The Balaban J connectivity index is 0.000000477. The Hall–Kier alpha value is -3.37. The molecule has 0 saturated heterocycles. The smallest absolute Gasteiger partial charge is 0.159 e. The quantitative estimate of drug-likeness (QED) is 0.0388. The summed E-state index contributed by atoms with van der Waals surface area (Å²) in [6, 6.07) is 16.8. The van der Waals surface area contributed by atoms with Crippen molar-refractivity contribution < 1.29 is 9.84 Å². The number of aromatic hydroxyl groups is 1. The zero-order chi connectivity index (χ0) is 46.7. The van der Waals surface area contributed by atoms with E-state index >= 15 is 0 Å². The van der Waals surface area contributed by atoms with Crippen LogP contribution >= 0.6 is 0 Å². The fraction of sp³-hybridized carbons (Fsp3) is 0.643. The first-order valence-corrected chi connectivity index (χ1v) is 33.2. The molecule has 0 aliphatic heterocycles. The molecule has 2 heterocycles. The highest BCUT2D eigenvalue weighted by Gasteiger charge is 2.27. The van der Waals surface area contributed by atoms with E-state index in [4.69, 9.17) is 4.74 Å². The van der Waals surface area contributed by atoms with Crippen LogP contribution in [0.2, 0.25) is 44.4 Å². The molecule has 0 aliphatic rings. The third-order valence-corrected chi connectivity index (χ3v) is 21.6. The Labute approximate surface area is 395 Å². The van der Waals surface area contributed by atoms with Crippen molar-refractivity contribution in [2.75, 3.05) is 6.61 Å². The van der Waals surface area contributed by atoms with Gasteiger partial charge in [-0.2, -0.15) is 0 Å². The maximum absolute atomic E-state index is 9.31. The second-order valence-electron chi connectivity index (χ2n) is 20.0. The van der Waals surface area contributed by atoms with Gasteiger partial charge >= 0.3 is 0 Å². The van der Waals surface area contributed by atoms with Crippen LogP contribution in [0.15, 0.2) is 73.3 Å². The zero-order valence-corrected chi connectivity index (χ0v) is 44.7. The van der Waals surface area contributed by atoms with Gasteiger partial charge in [0.2, 0.25) is 0 Å². The summed E-state index contributed by atoms with van der Waals surface area (Å²) in [7, 11) is -1.87. The van der Waals surface area contributed by atoms with Crippen LogP contribution in [0.5, 0.6) is 11.5 Å². The van der Waals surface area contributed by atoms with Crippen molar-refractivity contribution in [3.8, 4) is 34.3 Å². The van der Waals surface area contributed by atoms with Gasteiger partial charge in [0.05, 0.1) is 6.61 Å². The maximum Gasteiger partial charge on any atom is 0.159 e. The summed E-state index contributed by atoms with van der Waals surface area (Å²) < 4.78 is 5.99. The number of hydrogen-bond donors (Lipinski definition) is 1. The standard InChI is InChI=1S/C34H60N2OSi2.C20H28N2O.C2H6/c1-7-8-9-10-11-12-15-18-21-31-28-35-34(36-29-31)32-22-24-33(25-23-32)37-26-19-16-13-14-17-20-27-39(5,6)30-38(2,3)4;1-2-3-4-5-6-7-8-9-10-17-15-21-20(22-16-17)18-11-13-19(23)14-12-18;1-2/h22-25,28-29H,7-21,26-27,30H2,1-6H3;11-16,23H,2-10H2,1H3;1-2H3. The number of unbranched alkanes of at least 4 members (excludes halogenated alkanes) is 19. The molecule has 0 aliphatic carbocycles. The van der Waals surface area contributed by atoms with Gasteiger partial charge in [0.15, 0.2) is 11.6 Å². The minimum absolute atomic E-state index is 0.264. The lowest BCUT2D eigenvalue weighted by Crippen LogP contribution is -2.37. The highest BCUT2D eigenvalue weighted by atomic mass is 28.4. The normalized spacial score (nSPS) is 11.4. The van der Waals surface area contributed by atoms with Crippen LogP contribution < -0.4 is 4.74 Å². The minimum atomic E-state index is -0.964. The molecule has 0 saturated carbocycles. The highest BCUT2D eigenvalue weighted by Crippen LogP contribution is 2.26. The number of ether oxygens (including phenoxy) is 1. The number of phenols is 1. The molecule has 64 heavy (non-hydrogen) atoms. The SMILES string of the molecule is CC.CCCCCCCCCCc1cnc(-c2ccc(O)cc2)nc1.CCCCCCCCCCc1cnc(-c2ccc(OCCCCCCCC[Si](C)(C)C[Si](C)(C)C)cc2)nc1. The first kappa shape index (κ1) is 56.8. The summed E-state index contributed by atoms with van der Waals surface area (Å²) >= 11 is 0. The van der Waals surface area contributed by atoms with Crippen molar-refractivity contribution in [2.45, 2.75) is 226 Å². The van der Waals surface area contributed by atoms with Crippen molar-refractivity contribution in [2.24, 2.45) is 0 Å². The van der Waals surface area contributed by atoms with Crippen molar-refractivity contribution in [1.29, 1.82) is 0 Å². The summed E-state index contributed by atoms with van der Waals surface area (Å²) in [6.07, 6.45) is 39.5. The molecule has 6 nitrogen and oxygen atoms in total. The lowest BCUT2D eigenvalue weighted by Gasteiger charge is -2.29. The molecule has 0 spiro atoms. The lowest BCUT2D eigenvalue weighted by atomic mass is 10.1. The average Bonchev–Trinajstić information content (AvgIpc) is 3.28. The Kier molecular flexibility index (Phi) is 31.0. The van der Waals surface area contributed by atoms with Crippen LogP contribution in [0.4, 0.5) is 0 Å². The van der Waals surface area contributed by atoms with Crippen LogP contribution in [-0.2, 0) is 12.8 Å². The maximum atomic E-state index is 9.31. The monoisotopic (exact) mass is 911 g/mol. The molecule has 358 valence electrons. The number of phenolic OH excluding ortho intramolecular Hbond substituents is 1. The summed E-state index contributed by atoms with van der Waals surface area (Å²) in [5, 5.41) is 9.31. The van der Waals surface area contributed by atoms with Gasteiger partial charge in [-0.05, 0) is 91.8 Å². The van der Waals surface area contributed by atoms with Crippen molar-refractivity contribution in [3.05, 3.63) is 84.4 Å². The van der Waals surface area contributed by atoms with Crippen molar-refractivity contribution >= 4 is 16.1 Å². The van der Waals surface area contributed by atoms with Crippen molar-refractivity contribution in [3.63, 3.8) is 0 Å². The highest BCUT2D eigenvalue weighted by molar-refractivity contribution is 6.94. The van der Waals surface area contributed by atoms with Crippen LogP contribution in [0.3, 0.4) is 0 Å².